The van der Waals surface area contributed by atoms with Gasteiger partial charge in [0.1, 0.15) is 0 Å². The second-order valence-electron chi connectivity index (χ2n) is 6.74. The summed E-state index contributed by atoms with van der Waals surface area (Å²) in [5, 5.41) is 2.02. The van der Waals surface area contributed by atoms with Gasteiger partial charge in [-0.25, -0.2) is 0 Å². The minimum Gasteiger partial charge on any atom is -0.469 e. The van der Waals surface area contributed by atoms with E-state index in [2.05, 4.69) is 4.98 Å². The molecular weight excluding hydrogens is 312 g/mol. The van der Waals surface area contributed by atoms with E-state index in [0.717, 1.165) is 33.0 Å². The maximum atomic E-state index is 11.9. The summed E-state index contributed by atoms with van der Waals surface area (Å²) in [7, 11) is 1.41. The summed E-state index contributed by atoms with van der Waals surface area (Å²) in [6, 6.07) is 14.2. The third-order valence-electron chi connectivity index (χ3n) is 4.42. The zero-order chi connectivity index (χ0) is 18.0. The van der Waals surface area contributed by atoms with Crippen LogP contribution in [0.2, 0.25) is 0 Å². The minimum absolute atomic E-state index is 0.220. The van der Waals surface area contributed by atoms with Crippen molar-refractivity contribution in [3.8, 4) is 11.1 Å². The van der Waals surface area contributed by atoms with E-state index in [1.54, 1.807) is 12.4 Å². The molecule has 0 spiro atoms. The predicted octanol–water partition coefficient (Wildman–Crippen LogP) is 3.81. The Balaban J connectivity index is 2.15. The monoisotopic (exact) mass is 334 g/mol. The standard InChI is InChI=1S/C21H22N2O2/c1-21(2,22)16-7-4-14(5-8-16)17-9-6-15-13-23-11-10-18(15)19(17)12-20(24)25-3/h4-11,13H,12,22H2,1-3H3. The van der Waals surface area contributed by atoms with Crippen molar-refractivity contribution in [2.75, 3.05) is 7.11 Å². The Kier molecular flexibility index (Phi) is 4.55. The molecule has 0 saturated heterocycles. The molecule has 25 heavy (non-hydrogen) atoms. The van der Waals surface area contributed by atoms with Crippen LogP contribution in [0.3, 0.4) is 0 Å². The molecule has 128 valence electrons. The van der Waals surface area contributed by atoms with E-state index in [0.29, 0.717) is 0 Å². The van der Waals surface area contributed by atoms with Gasteiger partial charge in [0.05, 0.1) is 13.5 Å². The molecule has 0 unspecified atom stereocenters. The summed E-state index contributed by atoms with van der Waals surface area (Å²) < 4.78 is 4.89. The Bertz CT molecular complexity index is 909. The number of nitrogens with zero attached hydrogens (tertiary/aromatic N) is 1. The quantitative estimate of drug-likeness (QED) is 0.737. The zero-order valence-corrected chi connectivity index (χ0v) is 14.7. The third kappa shape index (κ3) is 3.54. The van der Waals surface area contributed by atoms with Crippen LogP contribution in [0.25, 0.3) is 21.9 Å². The summed E-state index contributed by atoms with van der Waals surface area (Å²) in [6.45, 7) is 3.96. The number of carbonyl (C=O) groups excluding carboxylic acids is 1. The Morgan fingerprint density at radius 2 is 1.84 bits per heavy atom. The van der Waals surface area contributed by atoms with E-state index >= 15 is 0 Å². The molecule has 3 rings (SSSR count). The average molecular weight is 334 g/mol. The topological polar surface area (TPSA) is 65.2 Å². The molecule has 4 heteroatoms. The minimum atomic E-state index is -0.386. The highest BCUT2D eigenvalue weighted by Gasteiger charge is 2.16. The van der Waals surface area contributed by atoms with Crippen molar-refractivity contribution in [1.82, 2.24) is 4.98 Å². The second kappa shape index (κ2) is 6.65. The number of methoxy groups -OCH3 is 1. The first kappa shape index (κ1) is 17.1. The number of hydrogen-bond acceptors (Lipinski definition) is 4. The molecule has 0 aliphatic rings. The lowest BCUT2D eigenvalue weighted by atomic mass is 9.90. The molecule has 0 amide bonds. The Labute approximate surface area is 147 Å². The van der Waals surface area contributed by atoms with Crippen molar-refractivity contribution < 1.29 is 9.53 Å². The number of carbonyl (C=O) groups is 1. The van der Waals surface area contributed by atoms with E-state index in [1.165, 1.54) is 7.11 Å². The lowest BCUT2D eigenvalue weighted by molar-refractivity contribution is -0.139. The van der Waals surface area contributed by atoms with Crippen molar-refractivity contribution in [1.29, 1.82) is 0 Å². The van der Waals surface area contributed by atoms with Crippen molar-refractivity contribution in [3.05, 3.63) is 66.0 Å². The average Bonchev–Trinajstić information content (AvgIpc) is 2.61. The summed E-state index contributed by atoms with van der Waals surface area (Å²) in [5.74, 6) is -0.259. The van der Waals surface area contributed by atoms with Gasteiger partial charge in [0, 0.05) is 23.3 Å². The lowest BCUT2D eigenvalue weighted by Gasteiger charge is -2.20. The van der Waals surface area contributed by atoms with Crippen LogP contribution >= 0.6 is 0 Å². The van der Waals surface area contributed by atoms with Crippen LogP contribution < -0.4 is 5.73 Å². The van der Waals surface area contributed by atoms with Gasteiger partial charge in [-0.2, -0.15) is 0 Å². The first-order chi connectivity index (χ1) is 11.9. The van der Waals surface area contributed by atoms with Crippen LogP contribution in [0.4, 0.5) is 0 Å². The number of ether oxygens (including phenoxy) is 1. The molecule has 2 aromatic carbocycles. The number of aromatic nitrogens is 1. The molecule has 1 aromatic heterocycles. The highest BCUT2D eigenvalue weighted by Crippen LogP contribution is 2.31. The van der Waals surface area contributed by atoms with Crippen LogP contribution in [0.5, 0.6) is 0 Å². The maximum absolute atomic E-state index is 11.9. The summed E-state index contributed by atoms with van der Waals surface area (Å²) in [6.07, 6.45) is 3.77. The van der Waals surface area contributed by atoms with E-state index in [1.807, 2.05) is 56.3 Å². The van der Waals surface area contributed by atoms with Gasteiger partial charge in [0.2, 0.25) is 0 Å². The third-order valence-corrected chi connectivity index (χ3v) is 4.42. The molecule has 0 saturated carbocycles. The fourth-order valence-corrected chi connectivity index (χ4v) is 2.99. The van der Waals surface area contributed by atoms with E-state index in [-0.39, 0.29) is 17.9 Å². The maximum Gasteiger partial charge on any atom is 0.310 e. The number of nitrogens with two attached hydrogens (primary N) is 1. The molecule has 2 N–H and O–H groups in total. The molecule has 0 aliphatic carbocycles. The highest BCUT2D eigenvalue weighted by molar-refractivity contribution is 5.94. The second-order valence-corrected chi connectivity index (χ2v) is 6.74. The molecular formula is C21H22N2O2. The first-order valence-electron chi connectivity index (χ1n) is 8.22. The molecule has 0 bridgehead atoms. The molecule has 0 fully saturated rings. The Morgan fingerprint density at radius 3 is 2.48 bits per heavy atom. The molecule has 0 atom stereocenters. The lowest BCUT2D eigenvalue weighted by Crippen LogP contribution is -2.28. The van der Waals surface area contributed by atoms with Crippen LogP contribution in [0, 0.1) is 0 Å². The van der Waals surface area contributed by atoms with Gasteiger partial charge < -0.3 is 10.5 Å². The smallest absolute Gasteiger partial charge is 0.310 e. The van der Waals surface area contributed by atoms with Gasteiger partial charge in [0.15, 0.2) is 0 Å². The normalized spacial score (nSPS) is 11.5. The summed E-state index contributed by atoms with van der Waals surface area (Å²) in [4.78, 5) is 16.1. The van der Waals surface area contributed by atoms with Crippen molar-refractivity contribution >= 4 is 16.7 Å². The van der Waals surface area contributed by atoms with Gasteiger partial charge >= 0.3 is 5.97 Å². The van der Waals surface area contributed by atoms with Crippen LogP contribution in [0.1, 0.15) is 25.0 Å². The zero-order valence-electron chi connectivity index (χ0n) is 14.7. The highest BCUT2D eigenvalue weighted by atomic mass is 16.5. The number of hydrogen-bond donors (Lipinski definition) is 1. The molecule has 3 aromatic rings. The number of benzene rings is 2. The van der Waals surface area contributed by atoms with Crippen LogP contribution in [0.15, 0.2) is 54.9 Å². The van der Waals surface area contributed by atoms with E-state index < -0.39 is 0 Å². The first-order valence-corrected chi connectivity index (χ1v) is 8.22. The fraction of sp³-hybridized carbons (Fsp3) is 0.238. The van der Waals surface area contributed by atoms with Gasteiger partial charge in [-0.15, -0.1) is 0 Å². The number of fused-ring (bicyclic) bond motifs is 1. The van der Waals surface area contributed by atoms with Gasteiger partial charge in [-0.1, -0.05) is 36.4 Å². The molecule has 1 heterocycles. The van der Waals surface area contributed by atoms with E-state index in [4.69, 9.17) is 10.5 Å². The van der Waals surface area contributed by atoms with Gasteiger partial charge in [0.25, 0.3) is 0 Å². The van der Waals surface area contributed by atoms with Crippen molar-refractivity contribution in [2.45, 2.75) is 25.8 Å². The van der Waals surface area contributed by atoms with Gasteiger partial charge in [-0.3, -0.25) is 9.78 Å². The number of esters is 1. The number of pyridine rings is 1. The van der Waals surface area contributed by atoms with Crippen LogP contribution in [-0.4, -0.2) is 18.1 Å². The van der Waals surface area contributed by atoms with Crippen molar-refractivity contribution in [2.24, 2.45) is 5.73 Å². The number of rotatable bonds is 4. The Hall–Kier alpha value is -2.72. The largest absolute Gasteiger partial charge is 0.469 e. The summed E-state index contributed by atoms with van der Waals surface area (Å²) >= 11 is 0. The van der Waals surface area contributed by atoms with Gasteiger partial charge in [-0.05, 0) is 47.6 Å². The van der Waals surface area contributed by atoms with Crippen molar-refractivity contribution in [3.63, 3.8) is 0 Å². The Morgan fingerprint density at radius 1 is 1.12 bits per heavy atom. The van der Waals surface area contributed by atoms with E-state index in [9.17, 15) is 4.79 Å². The molecule has 4 nitrogen and oxygen atoms in total. The fourth-order valence-electron chi connectivity index (χ4n) is 2.99. The SMILES string of the molecule is COC(=O)Cc1c(-c2ccc(C(C)(C)N)cc2)ccc2cnccc12. The molecule has 0 radical (unpaired) electrons. The van der Waals surface area contributed by atoms with Crippen LogP contribution in [-0.2, 0) is 21.5 Å². The molecule has 0 aliphatic heterocycles. The summed E-state index contributed by atoms with van der Waals surface area (Å²) in [5.41, 5.74) is 9.86. The predicted molar refractivity (Wildman–Crippen MR) is 100 cm³/mol.